The van der Waals surface area contributed by atoms with Crippen molar-refractivity contribution < 1.29 is 14.3 Å². The predicted octanol–water partition coefficient (Wildman–Crippen LogP) is 2.74. The molecule has 0 radical (unpaired) electrons. The second-order valence-electron chi connectivity index (χ2n) is 7.41. The predicted molar refractivity (Wildman–Crippen MR) is 117 cm³/mol. The van der Waals surface area contributed by atoms with E-state index in [0.717, 1.165) is 22.6 Å². The Balaban J connectivity index is 1.22. The summed E-state index contributed by atoms with van der Waals surface area (Å²) in [6.07, 6.45) is 2.36. The number of aryl methyl sites for hydroxylation is 2. The monoisotopic (exact) mass is 431 g/mol. The van der Waals surface area contributed by atoms with Crippen LogP contribution in [-0.4, -0.2) is 37.5 Å². The molecule has 162 valence electrons. The molecule has 32 heavy (non-hydrogen) atoms. The molecule has 0 unspecified atom stereocenters. The van der Waals surface area contributed by atoms with Gasteiger partial charge in [0.1, 0.15) is 11.6 Å². The maximum Gasteiger partial charge on any atom is 0.231 e. The van der Waals surface area contributed by atoms with Gasteiger partial charge < -0.3 is 20.1 Å². The van der Waals surface area contributed by atoms with Crippen LogP contribution in [0.5, 0.6) is 11.5 Å². The number of carbonyl (C=O) groups excluding carboxylic acids is 1. The van der Waals surface area contributed by atoms with E-state index in [-0.39, 0.29) is 19.1 Å². The minimum Gasteiger partial charge on any atom is -0.454 e. The van der Waals surface area contributed by atoms with Crippen molar-refractivity contribution in [2.24, 2.45) is 0 Å². The molecule has 0 fully saturated rings. The Kier molecular flexibility index (Phi) is 5.24. The number of pyridine rings is 1. The molecule has 0 bridgehead atoms. The minimum atomic E-state index is -0.143. The summed E-state index contributed by atoms with van der Waals surface area (Å²) in [5.41, 5.74) is 2.70. The summed E-state index contributed by atoms with van der Waals surface area (Å²) in [6, 6.07) is 13.2. The number of hydrogen-bond donors (Lipinski definition) is 2. The summed E-state index contributed by atoms with van der Waals surface area (Å²) in [7, 11) is 0. The van der Waals surface area contributed by atoms with E-state index in [9.17, 15) is 4.79 Å². The van der Waals surface area contributed by atoms with Gasteiger partial charge in [-0.1, -0.05) is 12.1 Å². The van der Waals surface area contributed by atoms with Crippen molar-refractivity contribution >= 4 is 23.2 Å². The third kappa shape index (κ3) is 4.29. The van der Waals surface area contributed by atoms with Gasteiger partial charge in [0, 0.05) is 25.6 Å². The first kappa shape index (κ1) is 19.7. The van der Waals surface area contributed by atoms with E-state index in [4.69, 9.17) is 9.47 Å². The van der Waals surface area contributed by atoms with Gasteiger partial charge in [-0.3, -0.25) is 4.79 Å². The number of anilines is 2. The fourth-order valence-corrected chi connectivity index (χ4v) is 3.30. The molecule has 0 spiro atoms. The Labute approximate surface area is 183 Å². The zero-order valence-electron chi connectivity index (χ0n) is 17.4. The number of fused-ring (bicyclic) bond motifs is 2. The van der Waals surface area contributed by atoms with E-state index in [2.05, 4.69) is 30.9 Å². The molecule has 0 aliphatic carbocycles. The molecular formula is C22H21N7O3. The molecule has 3 aromatic heterocycles. The van der Waals surface area contributed by atoms with Gasteiger partial charge in [-0.2, -0.15) is 4.52 Å². The first-order valence-electron chi connectivity index (χ1n) is 10.2. The third-order valence-corrected chi connectivity index (χ3v) is 4.99. The zero-order chi connectivity index (χ0) is 21.9. The van der Waals surface area contributed by atoms with Crippen molar-refractivity contribution in [3.63, 3.8) is 0 Å². The molecule has 1 aliphatic rings. The van der Waals surface area contributed by atoms with Crippen LogP contribution in [0, 0.1) is 6.92 Å². The number of hydrogen-bond acceptors (Lipinski definition) is 8. The Morgan fingerprint density at radius 1 is 1.06 bits per heavy atom. The van der Waals surface area contributed by atoms with Crippen LogP contribution in [0.3, 0.4) is 0 Å². The van der Waals surface area contributed by atoms with Crippen molar-refractivity contribution in [3.8, 4) is 11.5 Å². The minimum absolute atomic E-state index is 0.143. The third-order valence-electron chi connectivity index (χ3n) is 4.99. The smallest absolute Gasteiger partial charge is 0.231 e. The van der Waals surface area contributed by atoms with E-state index in [1.165, 1.54) is 0 Å². The van der Waals surface area contributed by atoms with Gasteiger partial charge in [-0.15, -0.1) is 15.3 Å². The standard InChI is InChI=1S/C22H21N7O3/c1-14-2-5-18(23-11-14)25-22(30)9-8-21-27-26-20-7-6-19(28-29(20)21)24-12-15-3-4-16-17(10-15)32-13-31-16/h2-7,10-11H,8-9,12-13H2,1H3,(H,24,28)(H,23,25,30). The Morgan fingerprint density at radius 2 is 1.94 bits per heavy atom. The number of rotatable bonds is 7. The normalized spacial score (nSPS) is 12.2. The highest BCUT2D eigenvalue weighted by Gasteiger charge is 2.14. The fraction of sp³-hybridized carbons (Fsp3) is 0.227. The molecule has 5 rings (SSSR count). The summed E-state index contributed by atoms with van der Waals surface area (Å²) < 4.78 is 12.4. The van der Waals surface area contributed by atoms with Crippen LogP contribution in [0.4, 0.5) is 11.6 Å². The number of amides is 1. The maximum atomic E-state index is 12.3. The van der Waals surface area contributed by atoms with Crippen molar-refractivity contribution in [3.05, 3.63) is 65.6 Å². The molecule has 1 amide bonds. The molecule has 1 aromatic carbocycles. The van der Waals surface area contributed by atoms with Crippen LogP contribution >= 0.6 is 0 Å². The maximum absolute atomic E-state index is 12.3. The zero-order valence-corrected chi connectivity index (χ0v) is 17.4. The molecular weight excluding hydrogens is 410 g/mol. The first-order valence-corrected chi connectivity index (χ1v) is 10.2. The van der Waals surface area contributed by atoms with Gasteiger partial charge in [0.15, 0.2) is 23.0 Å². The Hall–Kier alpha value is -4.21. The Bertz CT molecular complexity index is 1270. The van der Waals surface area contributed by atoms with Gasteiger partial charge in [0.2, 0.25) is 12.7 Å². The van der Waals surface area contributed by atoms with Gasteiger partial charge in [0.25, 0.3) is 0 Å². The lowest BCUT2D eigenvalue weighted by atomic mass is 10.2. The second kappa shape index (κ2) is 8.50. The number of benzene rings is 1. The topological polar surface area (TPSA) is 116 Å². The lowest BCUT2D eigenvalue weighted by molar-refractivity contribution is -0.116. The summed E-state index contributed by atoms with van der Waals surface area (Å²) >= 11 is 0. The van der Waals surface area contributed by atoms with Crippen molar-refractivity contribution in [1.29, 1.82) is 0 Å². The number of aromatic nitrogens is 5. The number of nitrogens with zero attached hydrogens (tertiary/aromatic N) is 5. The van der Waals surface area contributed by atoms with Gasteiger partial charge in [-0.25, -0.2) is 4.98 Å². The van der Waals surface area contributed by atoms with Crippen LogP contribution in [0.15, 0.2) is 48.7 Å². The van der Waals surface area contributed by atoms with E-state index in [1.807, 2.05) is 43.3 Å². The van der Waals surface area contributed by atoms with Crippen LogP contribution in [0.25, 0.3) is 5.65 Å². The summed E-state index contributed by atoms with van der Waals surface area (Å²) in [5.74, 6) is 3.16. The largest absolute Gasteiger partial charge is 0.454 e. The summed E-state index contributed by atoms with van der Waals surface area (Å²) in [6.45, 7) is 2.76. The summed E-state index contributed by atoms with van der Waals surface area (Å²) in [4.78, 5) is 16.5. The van der Waals surface area contributed by atoms with Crippen LogP contribution in [-0.2, 0) is 17.8 Å². The molecule has 4 heterocycles. The lowest BCUT2D eigenvalue weighted by Crippen LogP contribution is -2.14. The van der Waals surface area contributed by atoms with E-state index < -0.39 is 0 Å². The molecule has 2 N–H and O–H groups in total. The van der Waals surface area contributed by atoms with E-state index >= 15 is 0 Å². The number of carbonyl (C=O) groups is 1. The van der Waals surface area contributed by atoms with Crippen molar-refractivity contribution in [1.82, 2.24) is 24.8 Å². The highest BCUT2D eigenvalue weighted by atomic mass is 16.7. The van der Waals surface area contributed by atoms with E-state index in [1.54, 1.807) is 16.8 Å². The van der Waals surface area contributed by atoms with E-state index in [0.29, 0.717) is 36.1 Å². The van der Waals surface area contributed by atoms with Crippen LogP contribution < -0.4 is 20.1 Å². The molecule has 10 heteroatoms. The summed E-state index contributed by atoms with van der Waals surface area (Å²) in [5, 5.41) is 19.0. The highest BCUT2D eigenvalue weighted by molar-refractivity contribution is 5.89. The number of ether oxygens (including phenoxy) is 2. The fourth-order valence-electron chi connectivity index (χ4n) is 3.30. The molecule has 4 aromatic rings. The SMILES string of the molecule is Cc1ccc(NC(=O)CCc2nnc3ccc(NCc4ccc5c(c4)OCO5)nn23)nc1. The van der Waals surface area contributed by atoms with Gasteiger partial charge in [-0.05, 0) is 48.4 Å². The van der Waals surface area contributed by atoms with Crippen molar-refractivity contribution in [2.75, 3.05) is 17.4 Å². The molecule has 0 saturated heterocycles. The molecule has 1 aliphatic heterocycles. The average molecular weight is 431 g/mol. The molecule has 0 atom stereocenters. The molecule has 10 nitrogen and oxygen atoms in total. The first-order chi connectivity index (χ1) is 15.6. The lowest BCUT2D eigenvalue weighted by Gasteiger charge is -2.07. The van der Waals surface area contributed by atoms with Crippen molar-refractivity contribution in [2.45, 2.75) is 26.3 Å². The quantitative estimate of drug-likeness (QED) is 0.459. The second-order valence-corrected chi connectivity index (χ2v) is 7.41. The average Bonchev–Trinajstić information content (AvgIpc) is 3.44. The molecule has 0 saturated carbocycles. The van der Waals surface area contributed by atoms with Gasteiger partial charge >= 0.3 is 0 Å². The number of nitrogens with one attached hydrogen (secondary N) is 2. The van der Waals surface area contributed by atoms with Crippen LogP contribution in [0.1, 0.15) is 23.4 Å². The highest BCUT2D eigenvalue weighted by Crippen LogP contribution is 2.32. The van der Waals surface area contributed by atoms with Gasteiger partial charge in [0.05, 0.1) is 0 Å². The van der Waals surface area contributed by atoms with Crippen LogP contribution in [0.2, 0.25) is 0 Å². The Morgan fingerprint density at radius 3 is 2.81 bits per heavy atom.